The van der Waals surface area contributed by atoms with Crippen LogP contribution < -0.4 is 0 Å². The summed E-state index contributed by atoms with van der Waals surface area (Å²) in [6.45, 7) is 4.77. The Kier molecular flexibility index (Phi) is 5.02. The van der Waals surface area contributed by atoms with Crippen molar-refractivity contribution in [3.8, 4) is 0 Å². The first-order chi connectivity index (χ1) is 10.7. The minimum Gasteiger partial charge on any atom is -0.291 e. The molecule has 0 saturated heterocycles. The maximum atomic E-state index is 6.58. The lowest BCUT2D eigenvalue weighted by Crippen LogP contribution is -2.30. The largest absolute Gasteiger partial charge is 0.291 e. The van der Waals surface area contributed by atoms with Gasteiger partial charge in [0.15, 0.2) is 0 Å². The highest BCUT2D eigenvalue weighted by Crippen LogP contribution is 2.34. The van der Waals surface area contributed by atoms with Crippen molar-refractivity contribution in [3.05, 3.63) is 58.3 Å². The SMILES string of the molecule is CCC1CC(Cl)=C2CN(Cc3ccccc3)CC=C2N=C1Cl. The predicted octanol–water partition coefficient (Wildman–Crippen LogP) is 4.95. The summed E-state index contributed by atoms with van der Waals surface area (Å²) in [5.41, 5.74) is 3.42. The molecule has 0 bridgehead atoms. The van der Waals surface area contributed by atoms with Crippen LogP contribution in [0.2, 0.25) is 0 Å². The van der Waals surface area contributed by atoms with Crippen LogP contribution in [0.1, 0.15) is 25.3 Å². The number of rotatable bonds is 3. The van der Waals surface area contributed by atoms with Gasteiger partial charge < -0.3 is 0 Å². The summed E-state index contributed by atoms with van der Waals surface area (Å²) in [5, 5.41) is 1.61. The number of halogens is 2. The van der Waals surface area contributed by atoms with Crippen molar-refractivity contribution >= 4 is 28.4 Å². The summed E-state index contributed by atoms with van der Waals surface area (Å²) in [7, 11) is 0. The first-order valence-electron chi connectivity index (χ1n) is 7.75. The van der Waals surface area contributed by atoms with Crippen LogP contribution >= 0.6 is 23.2 Å². The van der Waals surface area contributed by atoms with E-state index in [9.17, 15) is 0 Å². The molecule has 0 aliphatic carbocycles. The lowest BCUT2D eigenvalue weighted by Gasteiger charge is -2.27. The maximum Gasteiger partial charge on any atom is 0.110 e. The quantitative estimate of drug-likeness (QED) is 0.763. The van der Waals surface area contributed by atoms with E-state index in [4.69, 9.17) is 23.2 Å². The second kappa shape index (κ2) is 6.99. The van der Waals surface area contributed by atoms with Gasteiger partial charge in [-0.05, 0) is 24.5 Å². The molecule has 0 radical (unpaired) electrons. The minimum absolute atomic E-state index is 0.246. The number of hydrogen-bond acceptors (Lipinski definition) is 2. The molecule has 1 unspecified atom stereocenters. The standard InChI is InChI=1S/C18H20Cl2N2/c1-2-14-10-16(19)15-12-22(9-8-17(15)21-18(14)20)11-13-6-4-3-5-7-13/h3-8,14H,2,9-12H2,1H3. The Hall–Kier alpha value is -1.09. The Bertz CT molecular complexity index is 632. The van der Waals surface area contributed by atoms with Crippen LogP contribution in [-0.4, -0.2) is 23.2 Å². The van der Waals surface area contributed by atoms with Crippen molar-refractivity contribution in [2.45, 2.75) is 26.3 Å². The molecule has 0 saturated carbocycles. The van der Waals surface area contributed by atoms with Crippen LogP contribution in [0.3, 0.4) is 0 Å². The first kappa shape index (κ1) is 15.8. The second-order valence-electron chi connectivity index (χ2n) is 5.87. The number of nitrogens with zero attached hydrogens (tertiary/aromatic N) is 2. The summed E-state index contributed by atoms with van der Waals surface area (Å²) in [4.78, 5) is 7.00. The van der Waals surface area contributed by atoms with E-state index in [1.165, 1.54) is 5.56 Å². The Balaban J connectivity index is 1.82. The molecular formula is C18H20Cl2N2. The normalized spacial score (nSPS) is 22.8. The Labute approximate surface area is 142 Å². The molecule has 22 heavy (non-hydrogen) atoms. The molecule has 1 atom stereocenters. The van der Waals surface area contributed by atoms with Crippen LogP contribution in [0.25, 0.3) is 0 Å². The van der Waals surface area contributed by atoms with E-state index in [2.05, 4.69) is 47.2 Å². The Morgan fingerprint density at radius 2 is 2.00 bits per heavy atom. The van der Waals surface area contributed by atoms with Crippen molar-refractivity contribution in [1.82, 2.24) is 4.90 Å². The molecule has 1 aromatic rings. The molecule has 3 rings (SSSR count). The van der Waals surface area contributed by atoms with Gasteiger partial charge in [-0.15, -0.1) is 0 Å². The van der Waals surface area contributed by atoms with Crippen LogP contribution in [0.15, 0.2) is 57.7 Å². The summed E-state index contributed by atoms with van der Waals surface area (Å²) >= 11 is 12.9. The van der Waals surface area contributed by atoms with Gasteiger partial charge in [-0.1, -0.05) is 60.5 Å². The number of hydrogen-bond donors (Lipinski definition) is 0. The molecule has 0 fully saturated rings. The number of aliphatic imine (C=N–C) groups is 1. The molecule has 2 aliphatic heterocycles. The van der Waals surface area contributed by atoms with Gasteiger partial charge in [0.05, 0.1) is 5.70 Å². The molecule has 0 spiro atoms. The zero-order valence-corrected chi connectivity index (χ0v) is 14.2. The second-order valence-corrected chi connectivity index (χ2v) is 6.72. The summed E-state index contributed by atoms with van der Waals surface area (Å²) in [6, 6.07) is 10.5. The minimum atomic E-state index is 0.246. The third-order valence-electron chi connectivity index (χ3n) is 4.29. The van der Waals surface area contributed by atoms with Crippen LogP contribution in [-0.2, 0) is 6.54 Å². The van der Waals surface area contributed by atoms with Crippen molar-refractivity contribution < 1.29 is 0 Å². The van der Waals surface area contributed by atoms with E-state index in [1.807, 2.05) is 6.07 Å². The van der Waals surface area contributed by atoms with Gasteiger partial charge >= 0.3 is 0 Å². The molecule has 4 heteroatoms. The third-order valence-corrected chi connectivity index (χ3v) is 5.07. The van der Waals surface area contributed by atoms with Crippen molar-refractivity contribution in [2.75, 3.05) is 13.1 Å². The van der Waals surface area contributed by atoms with Crippen molar-refractivity contribution in [3.63, 3.8) is 0 Å². The zero-order chi connectivity index (χ0) is 15.5. The predicted molar refractivity (Wildman–Crippen MR) is 94.4 cm³/mol. The van der Waals surface area contributed by atoms with Crippen molar-refractivity contribution in [1.29, 1.82) is 0 Å². The fraction of sp³-hybridized carbons (Fsp3) is 0.389. The van der Waals surface area contributed by atoms with Crippen LogP contribution in [0.4, 0.5) is 0 Å². The van der Waals surface area contributed by atoms with E-state index < -0.39 is 0 Å². The van der Waals surface area contributed by atoms with Gasteiger partial charge in [0, 0.05) is 36.2 Å². The van der Waals surface area contributed by atoms with Gasteiger partial charge in [0.25, 0.3) is 0 Å². The molecule has 2 heterocycles. The molecule has 1 aromatic carbocycles. The lowest BCUT2D eigenvalue weighted by molar-refractivity contribution is 0.312. The van der Waals surface area contributed by atoms with E-state index in [-0.39, 0.29) is 5.92 Å². The Morgan fingerprint density at radius 1 is 1.23 bits per heavy atom. The number of benzene rings is 1. The van der Waals surface area contributed by atoms with Crippen LogP contribution in [0.5, 0.6) is 0 Å². The van der Waals surface area contributed by atoms with Gasteiger partial charge in [0.1, 0.15) is 5.17 Å². The summed E-state index contributed by atoms with van der Waals surface area (Å²) in [5.74, 6) is 0.246. The molecule has 0 aromatic heterocycles. The monoisotopic (exact) mass is 334 g/mol. The third kappa shape index (κ3) is 3.45. The van der Waals surface area contributed by atoms with E-state index in [0.717, 1.165) is 48.8 Å². The summed E-state index contributed by atoms with van der Waals surface area (Å²) < 4.78 is 0. The van der Waals surface area contributed by atoms with Gasteiger partial charge in [-0.2, -0.15) is 0 Å². The summed E-state index contributed by atoms with van der Waals surface area (Å²) in [6.07, 6.45) is 3.91. The van der Waals surface area contributed by atoms with E-state index in [1.54, 1.807) is 0 Å². The molecule has 2 aliphatic rings. The topological polar surface area (TPSA) is 15.6 Å². The van der Waals surface area contributed by atoms with E-state index >= 15 is 0 Å². The molecule has 0 N–H and O–H groups in total. The van der Waals surface area contributed by atoms with Gasteiger partial charge in [0.2, 0.25) is 0 Å². The van der Waals surface area contributed by atoms with Crippen LogP contribution in [0, 0.1) is 5.92 Å². The highest BCUT2D eigenvalue weighted by atomic mass is 35.5. The molecular weight excluding hydrogens is 315 g/mol. The average Bonchev–Trinajstić information content (AvgIpc) is 2.65. The number of fused-ring (bicyclic) bond motifs is 1. The zero-order valence-electron chi connectivity index (χ0n) is 12.7. The maximum absolute atomic E-state index is 6.58. The van der Waals surface area contributed by atoms with E-state index in [0.29, 0.717) is 5.17 Å². The van der Waals surface area contributed by atoms with Gasteiger partial charge in [-0.25, -0.2) is 4.99 Å². The Morgan fingerprint density at radius 3 is 2.73 bits per heavy atom. The number of allylic oxidation sites excluding steroid dienone is 1. The van der Waals surface area contributed by atoms with Gasteiger partial charge in [-0.3, -0.25) is 4.90 Å². The highest BCUT2D eigenvalue weighted by molar-refractivity contribution is 6.66. The molecule has 116 valence electrons. The fourth-order valence-electron chi connectivity index (χ4n) is 2.95. The van der Waals surface area contributed by atoms with Crippen molar-refractivity contribution in [2.24, 2.45) is 10.9 Å². The fourth-order valence-corrected chi connectivity index (χ4v) is 3.62. The first-order valence-corrected chi connectivity index (χ1v) is 8.51. The smallest absolute Gasteiger partial charge is 0.110 e. The molecule has 2 nitrogen and oxygen atoms in total. The lowest BCUT2D eigenvalue weighted by atomic mass is 10.0. The molecule has 0 amide bonds. The highest BCUT2D eigenvalue weighted by Gasteiger charge is 2.26. The average molecular weight is 335 g/mol.